The van der Waals surface area contributed by atoms with Gasteiger partial charge in [0.15, 0.2) is 0 Å². The zero-order valence-electron chi connectivity index (χ0n) is 12.3. The zero-order valence-corrected chi connectivity index (χ0v) is 12.3. The molecule has 0 amide bonds. The summed E-state index contributed by atoms with van der Waals surface area (Å²) in [5.74, 6) is 1.51. The Labute approximate surface area is 116 Å². The minimum absolute atomic E-state index is 0.647. The Morgan fingerprint density at radius 1 is 1.11 bits per heavy atom. The minimum atomic E-state index is 0.647. The van der Waals surface area contributed by atoms with Gasteiger partial charge in [-0.05, 0) is 30.2 Å². The van der Waals surface area contributed by atoms with Gasteiger partial charge in [-0.3, -0.25) is 4.90 Å². The number of rotatable bonds is 9. The van der Waals surface area contributed by atoms with Gasteiger partial charge in [0.1, 0.15) is 12.4 Å². The molecule has 0 bridgehead atoms. The van der Waals surface area contributed by atoms with Crippen LogP contribution in [-0.4, -0.2) is 44.9 Å². The van der Waals surface area contributed by atoms with Crippen molar-refractivity contribution in [1.29, 1.82) is 0 Å². The molecular weight excluding hydrogens is 240 g/mol. The van der Waals surface area contributed by atoms with Gasteiger partial charge in [0.25, 0.3) is 0 Å². The summed E-state index contributed by atoms with van der Waals surface area (Å²) in [7, 11) is 1.73. The lowest BCUT2D eigenvalue weighted by molar-refractivity contribution is 0.127. The van der Waals surface area contributed by atoms with Gasteiger partial charge in [0.05, 0.1) is 6.61 Å². The smallest absolute Gasteiger partial charge is 0.119 e. The fourth-order valence-electron chi connectivity index (χ4n) is 1.89. The lowest BCUT2D eigenvalue weighted by Gasteiger charge is -2.23. The van der Waals surface area contributed by atoms with Crippen molar-refractivity contribution in [2.24, 2.45) is 5.92 Å². The highest BCUT2D eigenvalue weighted by molar-refractivity contribution is 5.41. The first-order valence-corrected chi connectivity index (χ1v) is 6.81. The number of nitrogens with two attached hydrogens (primary N) is 1. The third-order valence-corrected chi connectivity index (χ3v) is 2.79. The standard InChI is InChI=1S/C15H26N2O2/c1-13(2)12-17(8-10-18-3)9-11-19-15-6-4-14(16)5-7-15/h4-7,13H,8-12,16H2,1-3H3. The van der Waals surface area contributed by atoms with Crippen LogP contribution in [0.2, 0.25) is 0 Å². The van der Waals surface area contributed by atoms with Crippen LogP contribution in [0.4, 0.5) is 5.69 Å². The lowest BCUT2D eigenvalue weighted by Crippen LogP contribution is -2.34. The second-order valence-electron chi connectivity index (χ2n) is 5.10. The Hall–Kier alpha value is -1.26. The van der Waals surface area contributed by atoms with E-state index in [1.54, 1.807) is 7.11 Å². The van der Waals surface area contributed by atoms with Crippen molar-refractivity contribution in [3.05, 3.63) is 24.3 Å². The number of nitrogens with zero attached hydrogens (tertiary/aromatic N) is 1. The fraction of sp³-hybridized carbons (Fsp3) is 0.600. The van der Waals surface area contributed by atoms with Gasteiger partial charge in [-0.25, -0.2) is 0 Å². The van der Waals surface area contributed by atoms with Crippen molar-refractivity contribution in [1.82, 2.24) is 4.90 Å². The van der Waals surface area contributed by atoms with Crippen molar-refractivity contribution in [2.45, 2.75) is 13.8 Å². The Bertz CT molecular complexity index is 339. The van der Waals surface area contributed by atoms with Crippen LogP contribution in [0.3, 0.4) is 0 Å². The third kappa shape index (κ3) is 7.03. The molecule has 1 aromatic rings. The second kappa shape index (κ2) is 8.77. The van der Waals surface area contributed by atoms with Crippen molar-refractivity contribution < 1.29 is 9.47 Å². The van der Waals surface area contributed by atoms with Crippen molar-refractivity contribution in [3.63, 3.8) is 0 Å². The SMILES string of the molecule is COCCN(CCOc1ccc(N)cc1)CC(C)C. The van der Waals surface area contributed by atoms with Crippen LogP contribution >= 0.6 is 0 Å². The highest BCUT2D eigenvalue weighted by Crippen LogP contribution is 2.13. The number of nitrogen functional groups attached to an aromatic ring is 1. The number of hydrogen-bond acceptors (Lipinski definition) is 4. The van der Waals surface area contributed by atoms with Crippen LogP contribution < -0.4 is 10.5 Å². The molecule has 0 aromatic heterocycles. The highest BCUT2D eigenvalue weighted by atomic mass is 16.5. The molecule has 0 radical (unpaired) electrons. The summed E-state index contributed by atoms with van der Waals surface area (Å²) in [4.78, 5) is 2.37. The van der Waals surface area contributed by atoms with Crippen LogP contribution in [0, 0.1) is 5.92 Å². The maximum absolute atomic E-state index is 5.71. The van der Waals surface area contributed by atoms with Gasteiger partial charge in [0, 0.05) is 32.4 Å². The Morgan fingerprint density at radius 3 is 2.32 bits per heavy atom. The molecule has 1 rings (SSSR count). The quantitative estimate of drug-likeness (QED) is 0.696. The van der Waals surface area contributed by atoms with E-state index in [9.17, 15) is 0 Å². The van der Waals surface area contributed by atoms with E-state index >= 15 is 0 Å². The molecule has 4 heteroatoms. The molecule has 0 saturated heterocycles. The first-order chi connectivity index (χ1) is 9.11. The van der Waals surface area contributed by atoms with Gasteiger partial charge in [0.2, 0.25) is 0 Å². The first-order valence-electron chi connectivity index (χ1n) is 6.81. The van der Waals surface area contributed by atoms with Crippen LogP contribution in [0.25, 0.3) is 0 Å². The topological polar surface area (TPSA) is 47.7 Å². The van der Waals surface area contributed by atoms with E-state index in [-0.39, 0.29) is 0 Å². The van der Waals surface area contributed by atoms with E-state index in [2.05, 4.69) is 18.7 Å². The van der Waals surface area contributed by atoms with Gasteiger partial charge in [-0.1, -0.05) is 13.8 Å². The van der Waals surface area contributed by atoms with Crippen LogP contribution in [0.1, 0.15) is 13.8 Å². The molecule has 0 aliphatic carbocycles. The van der Waals surface area contributed by atoms with Gasteiger partial charge in [-0.15, -0.1) is 0 Å². The molecule has 0 heterocycles. The molecule has 0 unspecified atom stereocenters. The fourth-order valence-corrected chi connectivity index (χ4v) is 1.89. The largest absolute Gasteiger partial charge is 0.492 e. The molecule has 19 heavy (non-hydrogen) atoms. The summed E-state index contributed by atoms with van der Waals surface area (Å²) < 4.78 is 10.9. The van der Waals surface area contributed by atoms with E-state index in [1.165, 1.54) is 0 Å². The third-order valence-electron chi connectivity index (χ3n) is 2.79. The van der Waals surface area contributed by atoms with Crippen molar-refractivity contribution in [2.75, 3.05) is 45.7 Å². The lowest BCUT2D eigenvalue weighted by atomic mass is 10.2. The number of hydrogen-bond donors (Lipinski definition) is 1. The van der Waals surface area contributed by atoms with Crippen LogP contribution in [0.5, 0.6) is 5.75 Å². The summed E-state index contributed by atoms with van der Waals surface area (Å²) in [6, 6.07) is 7.51. The van der Waals surface area contributed by atoms with E-state index in [1.807, 2.05) is 24.3 Å². The Kier molecular flexibility index (Phi) is 7.30. The predicted octanol–water partition coefficient (Wildman–Crippen LogP) is 2.25. The summed E-state index contributed by atoms with van der Waals surface area (Å²) in [6.07, 6.45) is 0. The van der Waals surface area contributed by atoms with E-state index in [0.717, 1.165) is 37.7 Å². The van der Waals surface area contributed by atoms with E-state index in [0.29, 0.717) is 12.5 Å². The average Bonchev–Trinajstić information content (AvgIpc) is 2.37. The number of benzene rings is 1. The van der Waals surface area contributed by atoms with Crippen molar-refractivity contribution >= 4 is 5.69 Å². The van der Waals surface area contributed by atoms with Gasteiger partial charge < -0.3 is 15.2 Å². The molecule has 4 nitrogen and oxygen atoms in total. The molecule has 0 spiro atoms. The first kappa shape index (κ1) is 15.8. The summed E-state index contributed by atoms with van der Waals surface area (Å²) in [6.45, 7) is 8.80. The van der Waals surface area contributed by atoms with Crippen LogP contribution in [-0.2, 0) is 4.74 Å². The Balaban J connectivity index is 2.32. The zero-order chi connectivity index (χ0) is 14.1. The Morgan fingerprint density at radius 2 is 1.74 bits per heavy atom. The molecule has 0 saturated carbocycles. The predicted molar refractivity (Wildman–Crippen MR) is 79.5 cm³/mol. The van der Waals surface area contributed by atoms with Gasteiger partial charge >= 0.3 is 0 Å². The summed E-state index contributed by atoms with van der Waals surface area (Å²) >= 11 is 0. The molecule has 0 aliphatic rings. The maximum Gasteiger partial charge on any atom is 0.119 e. The number of methoxy groups -OCH3 is 1. The summed E-state index contributed by atoms with van der Waals surface area (Å²) in [5.41, 5.74) is 6.39. The number of ether oxygens (including phenoxy) is 2. The van der Waals surface area contributed by atoms with Crippen LogP contribution in [0.15, 0.2) is 24.3 Å². The monoisotopic (exact) mass is 266 g/mol. The minimum Gasteiger partial charge on any atom is -0.492 e. The highest BCUT2D eigenvalue weighted by Gasteiger charge is 2.07. The molecule has 108 valence electrons. The molecule has 1 aromatic carbocycles. The molecular formula is C15H26N2O2. The average molecular weight is 266 g/mol. The normalized spacial score (nSPS) is 11.2. The molecule has 0 atom stereocenters. The molecule has 0 fully saturated rings. The number of anilines is 1. The van der Waals surface area contributed by atoms with Crippen molar-refractivity contribution in [3.8, 4) is 5.75 Å². The second-order valence-corrected chi connectivity index (χ2v) is 5.10. The molecule has 0 aliphatic heterocycles. The molecule has 2 N–H and O–H groups in total. The summed E-state index contributed by atoms with van der Waals surface area (Å²) in [5, 5.41) is 0. The van der Waals surface area contributed by atoms with E-state index < -0.39 is 0 Å². The van der Waals surface area contributed by atoms with Gasteiger partial charge in [-0.2, -0.15) is 0 Å². The van der Waals surface area contributed by atoms with E-state index in [4.69, 9.17) is 15.2 Å². The maximum atomic E-state index is 5.71.